The number of aryl methyl sites for hydroxylation is 2. The lowest BCUT2D eigenvalue weighted by atomic mass is 9.96. The molecule has 2 aliphatic rings. The normalized spacial score (nSPS) is 16.1. The molecule has 4 aromatic carbocycles. The smallest absolute Gasteiger partial charge is 0.245 e. The van der Waals surface area contributed by atoms with Gasteiger partial charge in [0, 0.05) is 24.3 Å². The molecule has 0 saturated carbocycles. The number of hydrogen-bond donors (Lipinski definition) is 2. The van der Waals surface area contributed by atoms with Gasteiger partial charge in [0.1, 0.15) is 23.7 Å². The SMILES string of the molecule is CCCN(Cc1nc2c([nH]1)CCCc1cc(-c3ccc4nc([C@@H]5CCCN5C(=O)[C@@H](c5ccccc5)N(CC)CC)[nH]c4c3)ccc1-2)C(=O)[C@@H](c1ccccc1)N(CC)CC. The van der Waals surface area contributed by atoms with Crippen molar-refractivity contribution >= 4 is 22.8 Å². The third-order valence-electron chi connectivity index (χ3n) is 12.9. The Kier molecular flexibility index (Phi) is 13.1. The number of benzene rings is 4. The highest BCUT2D eigenvalue weighted by Gasteiger charge is 2.38. The largest absolute Gasteiger partial charge is 0.344 e. The number of amides is 2. The fraction of sp³-hybridized carbons (Fsp3) is 0.412. The lowest BCUT2D eigenvalue weighted by Gasteiger charge is -2.34. The van der Waals surface area contributed by atoms with Gasteiger partial charge >= 0.3 is 0 Å². The minimum absolute atomic E-state index is 0.0922. The average molecular weight is 819 g/mol. The second kappa shape index (κ2) is 19.0. The van der Waals surface area contributed by atoms with Crippen molar-refractivity contribution < 1.29 is 9.59 Å². The molecule has 3 heterocycles. The summed E-state index contributed by atoms with van der Waals surface area (Å²) < 4.78 is 0. The second-order valence-corrected chi connectivity index (χ2v) is 16.6. The van der Waals surface area contributed by atoms with Crippen LogP contribution < -0.4 is 0 Å². The van der Waals surface area contributed by atoms with Crippen LogP contribution in [0.3, 0.4) is 0 Å². The molecule has 10 nitrogen and oxygen atoms in total. The van der Waals surface area contributed by atoms with Crippen molar-refractivity contribution in [2.45, 2.75) is 97.8 Å². The fourth-order valence-electron chi connectivity index (χ4n) is 9.81. The summed E-state index contributed by atoms with van der Waals surface area (Å²) in [5.74, 6) is 1.96. The number of aromatic amines is 2. The van der Waals surface area contributed by atoms with Crippen LogP contribution in [-0.2, 0) is 29.0 Å². The molecule has 8 rings (SSSR count). The van der Waals surface area contributed by atoms with E-state index in [4.69, 9.17) is 9.97 Å². The zero-order valence-corrected chi connectivity index (χ0v) is 36.7. The van der Waals surface area contributed by atoms with Gasteiger partial charge in [-0.1, -0.05) is 120 Å². The van der Waals surface area contributed by atoms with Gasteiger partial charge in [0.15, 0.2) is 0 Å². The molecule has 2 amide bonds. The highest BCUT2D eigenvalue weighted by molar-refractivity contribution is 5.86. The van der Waals surface area contributed by atoms with Crippen LogP contribution >= 0.6 is 0 Å². The fourth-order valence-corrected chi connectivity index (χ4v) is 9.81. The molecule has 0 radical (unpaired) electrons. The average Bonchev–Trinajstić information content (AvgIpc) is 4.04. The molecule has 0 bridgehead atoms. The third-order valence-corrected chi connectivity index (χ3v) is 12.9. The van der Waals surface area contributed by atoms with E-state index in [1.165, 1.54) is 5.56 Å². The first kappa shape index (κ1) is 42.1. The Morgan fingerprint density at radius 2 is 1.39 bits per heavy atom. The van der Waals surface area contributed by atoms with Gasteiger partial charge in [-0.3, -0.25) is 19.4 Å². The van der Waals surface area contributed by atoms with E-state index in [0.717, 1.165) is 133 Å². The molecular formula is C51H62N8O2. The summed E-state index contributed by atoms with van der Waals surface area (Å²) in [5.41, 5.74) is 10.8. The number of carbonyl (C=O) groups is 2. The molecular weight excluding hydrogens is 757 g/mol. The summed E-state index contributed by atoms with van der Waals surface area (Å²) in [6.07, 6.45) is 5.59. The quantitative estimate of drug-likeness (QED) is 0.101. The summed E-state index contributed by atoms with van der Waals surface area (Å²) in [6.45, 7) is 15.7. The van der Waals surface area contributed by atoms with Crippen LogP contribution in [0.4, 0.5) is 0 Å². The second-order valence-electron chi connectivity index (χ2n) is 16.6. The number of fused-ring (bicyclic) bond motifs is 4. The van der Waals surface area contributed by atoms with Crippen molar-refractivity contribution in [3.8, 4) is 22.4 Å². The minimum Gasteiger partial charge on any atom is -0.344 e. The zero-order valence-electron chi connectivity index (χ0n) is 36.7. The van der Waals surface area contributed by atoms with Crippen LogP contribution in [0, 0.1) is 0 Å². The van der Waals surface area contributed by atoms with Crippen LogP contribution in [-0.4, -0.2) is 90.6 Å². The Bertz CT molecular complexity index is 2420. The Morgan fingerprint density at radius 1 is 0.738 bits per heavy atom. The van der Waals surface area contributed by atoms with Gasteiger partial charge in [-0.2, -0.15) is 0 Å². The van der Waals surface area contributed by atoms with Crippen LogP contribution in [0.5, 0.6) is 0 Å². The lowest BCUT2D eigenvalue weighted by molar-refractivity contribution is -0.139. The molecule has 0 spiro atoms. The van der Waals surface area contributed by atoms with E-state index >= 15 is 0 Å². The van der Waals surface area contributed by atoms with Crippen LogP contribution in [0.15, 0.2) is 97.1 Å². The van der Waals surface area contributed by atoms with E-state index < -0.39 is 0 Å². The number of likely N-dealkylation sites (tertiary alicyclic amines) is 1. The van der Waals surface area contributed by atoms with Gasteiger partial charge < -0.3 is 19.8 Å². The predicted octanol–water partition coefficient (Wildman–Crippen LogP) is 9.68. The monoisotopic (exact) mass is 818 g/mol. The standard InChI is InChI=1S/C51H62N8O2/c1-6-30-58(50(60)47(56(7-2)8-3)35-19-13-11-14-20-35)34-45-52-42-24-17-23-39-32-37(26-28-40(39)46(42)55-45)38-27-29-41-43(33-38)54-49(53-41)44-25-18-31-59(44)51(61)48(57(9-4)10-5)36-21-15-12-16-22-36/h11-16,19-22,26-29,32-33,44,47-48H,6-10,17-18,23-25,30-31,34H2,1-5H3,(H,52,55)(H,53,54)/t44-,47+,48+/m0/s1. The van der Waals surface area contributed by atoms with Gasteiger partial charge in [0.25, 0.3) is 0 Å². The van der Waals surface area contributed by atoms with Crippen LogP contribution in [0.25, 0.3) is 33.4 Å². The molecule has 2 aromatic heterocycles. The summed E-state index contributed by atoms with van der Waals surface area (Å²) in [5, 5.41) is 0. The van der Waals surface area contributed by atoms with E-state index in [0.29, 0.717) is 13.1 Å². The number of aromatic nitrogens is 4. The molecule has 6 aromatic rings. The number of nitrogens with zero attached hydrogens (tertiary/aromatic N) is 6. The molecule has 61 heavy (non-hydrogen) atoms. The highest BCUT2D eigenvalue weighted by atomic mass is 16.2. The Morgan fingerprint density at radius 3 is 2.08 bits per heavy atom. The number of carbonyl (C=O) groups excluding carboxylic acids is 2. The van der Waals surface area contributed by atoms with Crippen molar-refractivity contribution in [3.05, 3.63) is 131 Å². The number of H-pyrrole nitrogens is 2. The third kappa shape index (κ3) is 8.66. The number of likely N-dealkylation sites (N-methyl/N-ethyl adjacent to an activating group) is 2. The van der Waals surface area contributed by atoms with Gasteiger partial charge in [-0.05, 0) is 105 Å². The van der Waals surface area contributed by atoms with E-state index in [9.17, 15) is 9.59 Å². The molecule has 1 aliphatic carbocycles. The Labute approximate surface area is 361 Å². The summed E-state index contributed by atoms with van der Waals surface area (Å²) in [6, 6.07) is 32.9. The summed E-state index contributed by atoms with van der Waals surface area (Å²) in [7, 11) is 0. The first-order chi connectivity index (χ1) is 29.8. The van der Waals surface area contributed by atoms with Crippen molar-refractivity contribution in [3.63, 3.8) is 0 Å². The molecule has 3 atom stereocenters. The highest BCUT2D eigenvalue weighted by Crippen LogP contribution is 2.38. The van der Waals surface area contributed by atoms with E-state index in [2.05, 4.69) is 120 Å². The number of nitrogens with one attached hydrogen (secondary N) is 2. The van der Waals surface area contributed by atoms with Crippen LogP contribution in [0.1, 0.15) is 112 Å². The Balaban J connectivity index is 1.03. The van der Waals surface area contributed by atoms with Gasteiger partial charge in [0.05, 0.1) is 29.3 Å². The lowest BCUT2D eigenvalue weighted by Crippen LogP contribution is -2.43. The molecule has 2 N–H and O–H groups in total. The summed E-state index contributed by atoms with van der Waals surface area (Å²) >= 11 is 0. The van der Waals surface area contributed by atoms with Gasteiger partial charge in [-0.25, -0.2) is 9.97 Å². The van der Waals surface area contributed by atoms with Crippen LogP contribution in [0.2, 0.25) is 0 Å². The van der Waals surface area contributed by atoms with Crippen molar-refractivity contribution in [1.82, 2.24) is 39.5 Å². The van der Waals surface area contributed by atoms with Crippen molar-refractivity contribution in [2.24, 2.45) is 0 Å². The maximum Gasteiger partial charge on any atom is 0.245 e. The number of hydrogen-bond acceptors (Lipinski definition) is 6. The number of rotatable bonds is 16. The molecule has 318 valence electrons. The number of imidazole rings is 2. The van der Waals surface area contributed by atoms with Crippen molar-refractivity contribution in [1.29, 1.82) is 0 Å². The summed E-state index contributed by atoms with van der Waals surface area (Å²) in [4.78, 5) is 55.0. The minimum atomic E-state index is -0.334. The maximum atomic E-state index is 14.4. The van der Waals surface area contributed by atoms with Gasteiger partial charge in [-0.15, -0.1) is 0 Å². The molecule has 10 heteroatoms. The topological polar surface area (TPSA) is 104 Å². The zero-order chi connectivity index (χ0) is 42.5. The molecule has 1 aliphatic heterocycles. The maximum absolute atomic E-state index is 14.4. The van der Waals surface area contributed by atoms with Gasteiger partial charge in [0.2, 0.25) is 11.8 Å². The van der Waals surface area contributed by atoms with Crippen molar-refractivity contribution in [2.75, 3.05) is 39.3 Å². The molecule has 1 fully saturated rings. The Hall–Kier alpha value is -5.58. The van der Waals surface area contributed by atoms with E-state index in [1.807, 2.05) is 41.3 Å². The first-order valence-electron chi connectivity index (χ1n) is 22.7. The predicted molar refractivity (Wildman–Crippen MR) is 245 cm³/mol. The molecule has 1 saturated heterocycles. The first-order valence-corrected chi connectivity index (χ1v) is 22.7. The molecule has 0 unspecified atom stereocenters. The van der Waals surface area contributed by atoms with E-state index in [1.54, 1.807) is 0 Å². The van der Waals surface area contributed by atoms with E-state index in [-0.39, 0.29) is 29.9 Å².